The Hall–Kier alpha value is -4.06. The third kappa shape index (κ3) is 5.74. The number of hydrogen-bond donors (Lipinski definition) is 2. The minimum Gasteiger partial charge on any atom is -0.493 e. The van der Waals surface area contributed by atoms with E-state index in [0.29, 0.717) is 41.3 Å². The largest absolute Gasteiger partial charge is 0.493 e. The van der Waals surface area contributed by atoms with Gasteiger partial charge in [0.15, 0.2) is 0 Å². The number of halogens is 6. The standard InChI is InChI=1S/C29H23F6NO5/c1-28(2,39)3-4-40-15-8-21(31)25(22(32)9-15)16-6-14(20(30)10-19(16)29(33,34)35)12-41-23-7-13-5-17-24(18(13)11-36-23)26(17)27(37)38/h6-11,17,39H,3-5,12H2,1-2H3,(H,37,38)/t17-/m1/s1. The summed E-state index contributed by atoms with van der Waals surface area (Å²) >= 11 is 0. The van der Waals surface area contributed by atoms with Gasteiger partial charge in [-0.2, -0.15) is 13.2 Å². The minimum absolute atomic E-state index is 0.0216. The summed E-state index contributed by atoms with van der Waals surface area (Å²) in [5.74, 6) is -5.48. The molecular formula is C29H23F6NO5. The zero-order valence-corrected chi connectivity index (χ0v) is 21.7. The van der Waals surface area contributed by atoms with Crippen LogP contribution in [0.1, 0.15) is 42.5 Å². The third-order valence-electron chi connectivity index (χ3n) is 6.95. The number of allylic oxidation sites excluding steroid dienone is 1. The molecule has 6 nitrogen and oxygen atoms in total. The van der Waals surface area contributed by atoms with Gasteiger partial charge >= 0.3 is 12.1 Å². The number of nitrogens with zero attached hydrogens (tertiary/aromatic N) is 1. The zero-order valence-electron chi connectivity index (χ0n) is 21.7. The number of aromatic nitrogens is 1. The SMILES string of the molecule is CC(C)(O)CCOc1cc(F)c(-c2cc(COc3cc4c(cn3)C3=C(C(=O)O)[C@@H]3C4)c(F)cc2C(F)(F)F)c(F)c1. The molecule has 0 aliphatic heterocycles. The van der Waals surface area contributed by atoms with Gasteiger partial charge in [-0.1, -0.05) is 0 Å². The summed E-state index contributed by atoms with van der Waals surface area (Å²) in [5, 5.41) is 18.9. The van der Waals surface area contributed by atoms with E-state index in [0.717, 1.165) is 5.56 Å². The fourth-order valence-corrected chi connectivity index (χ4v) is 4.89. The number of carbonyl (C=O) groups is 1. The van der Waals surface area contributed by atoms with Crippen molar-refractivity contribution in [3.8, 4) is 22.8 Å². The number of pyridine rings is 1. The Kier molecular flexibility index (Phi) is 7.01. The van der Waals surface area contributed by atoms with Crippen LogP contribution in [-0.2, 0) is 24.0 Å². The molecule has 2 N–H and O–H groups in total. The van der Waals surface area contributed by atoms with Gasteiger partial charge in [0.25, 0.3) is 0 Å². The van der Waals surface area contributed by atoms with Crippen molar-refractivity contribution in [2.24, 2.45) is 5.92 Å². The molecule has 0 radical (unpaired) electrons. The summed E-state index contributed by atoms with van der Waals surface area (Å²) in [6.45, 7) is 2.30. The van der Waals surface area contributed by atoms with E-state index in [9.17, 15) is 32.6 Å². The number of hydrogen-bond acceptors (Lipinski definition) is 5. The van der Waals surface area contributed by atoms with Crippen molar-refractivity contribution in [1.29, 1.82) is 0 Å². The number of aliphatic carboxylic acids is 1. The predicted octanol–water partition coefficient (Wildman–Crippen LogP) is 6.33. The summed E-state index contributed by atoms with van der Waals surface area (Å²) in [6.07, 6.45) is -3.17. The molecule has 216 valence electrons. The molecule has 41 heavy (non-hydrogen) atoms. The van der Waals surface area contributed by atoms with Crippen molar-refractivity contribution < 1.29 is 50.8 Å². The van der Waals surface area contributed by atoms with Gasteiger partial charge in [-0.25, -0.2) is 22.9 Å². The van der Waals surface area contributed by atoms with Crippen LogP contribution in [0.5, 0.6) is 11.6 Å². The topological polar surface area (TPSA) is 88.9 Å². The Labute approximate surface area is 229 Å². The normalized spacial score (nSPS) is 16.0. The quantitative estimate of drug-likeness (QED) is 0.288. The molecule has 1 aromatic heterocycles. The molecule has 1 atom stereocenters. The Morgan fingerprint density at radius 1 is 1.00 bits per heavy atom. The minimum atomic E-state index is -5.14. The molecule has 0 saturated carbocycles. The average molecular weight is 579 g/mol. The van der Waals surface area contributed by atoms with E-state index in [4.69, 9.17) is 9.47 Å². The van der Waals surface area contributed by atoms with Crippen LogP contribution in [0.2, 0.25) is 0 Å². The smallest absolute Gasteiger partial charge is 0.417 e. The number of carboxylic acids is 1. The van der Waals surface area contributed by atoms with Crippen LogP contribution in [0.3, 0.4) is 0 Å². The second-order valence-electron chi connectivity index (χ2n) is 10.5. The zero-order chi connectivity index (χ0) is 29.9. The fraction of sp³-hybridized carbons (Fsp3) is 0.310. The molecular weight excluding hydrogens is 556 g/mol. The van der Waals surface area contributed by atoms with E-state index in [-0.39, 0.29) is 36.6 Å². The van der Waals surface area contributed by atoms with Gasteiger partial charge < -0.3 is 19.7 Å². The number of fused-ring (bicyclic) bond motifs is 3. The molecule has 5 rings (SSSR count). The Morgan fingerprint density at radius 3 is 2.29 bits per heavy atom. The molecule has 0 unspecified atom stereocenters. The van der Waals surface area contributed by atoms with Crippen LogP contribution < -0.4 is 9.47 Å². The number of ether oxygens (including phenoxy) is 2. The Morgan fingerprint density at radius 2 is 1.68 bits per heavy atom. The van der Waals surface area contributed by atoms with Gasteiger partial charge in [-0.15, -0.1) is 0 Å². The number of benzene rings is 2. The number of alkyl halides is 3. The van der Waals surface area contributed by atoms with Crippen LogP contribution >= 0.6 is 0 Å². The lowest BCUT2D eigenvalue weighted by molar-refractivity contribution is -0.137. The molecule has 1 heterocycles. The summed E-state index contributed by atoms with van der Waals surface area (Å²) in [4.78, 5) is 15.3. The van der Waals surface area contributed by atoms with Crippen molar-refractivity contribution >= 4 is 11.5 Å². The molecule has 12 heteroatoms. The Bertz CT molecular complexity index is 1570. The second kappa shape index (κ2) is 10.1. The van der Waals surface area contributed by atoms with E-state index >= 15 is 8.78 Å². The van der Waals surface area contributed by atoms with Gasteiger partial charge in [0, 0.05) is 59.0 Å². The molecule has 0 amide bonds. The first kappa shape index (κ1) is 28.5. The lowest BCUT2D eigenvalue weighted by Gasteiger charge is -2.19. The van der Waals surface area contributed by atoms with E-state index in [1.54, 1.807) is 0 Å². The lowest BCUT2D eigenvalue weighted by Crippen LogP contribution is -2.21. The number of aliphatic hydroxyl groups is 1. The van der Waals surface area contributed by atoms with Crippen molar-refractivity contribution in [2.75, 3.05) is 6.61 Å². The van der Waals surface area contributed by atoms with Crippen molar-refractivity contribution in [3.05, 3.63) is 81.8 Å². The van der Waals surface area contributed by atoms with Crippen molar-refractivity contribution in [2.45, 2.75) is 45.1 Å². The summed E-state index contributed by atoms with van der Waals surface area (Å²) in [6, 6.07) is 3.80. The van der Waals surface area contributed by atoms with Crippen molar-refractivity contribution in [3.63, 3.8) is 0 Å². The molecule has 0 spiro atoms. The highest BCUT2D eigenvalue weighted by molar-refractivity contribution is 6.11. The van der Waals surface area contributed by atoms with E-state index < -0.39 is 64.1 Å². The fourth-order valence-electron chi connectivity index (χ4n) is 4.89. The van der Waals surface area contributed by atoms with Crippen molar-refractivity contribution in [1.82, 2.24) is 4.98 Å². The summed E-state index contributed by atoms with van der Waals surface area (Å²) in [5.41, 5.74) is -2.58. The first-order chi connectivity index (χ1) is 19.1. The highest BCUT2D eigenvalue weighted by atomic mass is 19.4. The van der Waals surface area contributed by atoms with Crippen LogP contribution in [0.15, 0.2) is 42.1 Å². The van der Waals surface area contributed by atoms with Crippen LogP contribution in [0.25, 0.3) is 16.7 Å². The molecule has 2 aliphatic carbocycles. The van der Waals surface area contributed by atoms with E-state index in [2.05, 4.69) is 4.98 Å². The number of carboxylic acid groups (broad SMARTS) is 1. The first-order valence-corrected chi connectivity index (χ1v) is 12.5. The van der Waals surface area contributed by atoms with Crippen LogP contribution in [-0.4, -0.2) is 33.4 Å². The predicted molar refractivity (Wildman–Crippen MR) is 133 cm³/mol. The average Bonchev–Trinajstić information content (AvgIpc) is 3.44. The van der Waals surface area contributed by atoms with Gasteiger partial charge in [0.1, 0.15) is 29.8 Å². The highest BCUT2D eigenvalue weighted by Gasteiger charge is 2.48. The van der Waals surface area contributed by atoms with Gasteiger partial charge in [0.05, 0.1) is 23.3 Å². The number of rotatable bonds is 9. The molecule has 0 saturated heterocycles. The maximum atomic E-state index is 15.0. The lowest BCUT2D eigenvalue weighted by atomic mass is 9.95. The molecule has 0 bridgehead atoms. The van der Waals surface area contributed by atoms with Crippen LogP contribution in [0.4, 0.5) is 26.3 Å². The summed E-state index contributed by atoms with van der Waals surface area (Å²) in [7, 11) is 0. The highest BCUT2D eigenvalue weighted by Crippen LogP contribution is 2.55. The Balaban J connectivity index is 1.42. The maximum Gasteiger partial charge on any atom is 0.417 e. The van der Waals surface area contributed by atoms with Gasteiger partial charge in [0.2, 0.25) is 5.88 Å². The third-order valence-corrected chi connectivity index (χ3v) is 6.95. The van der Waals surface area contributed by atoms with Gasteiger partial charge in [-0.05, 0) is 43.5 Å². The summed E-state index contributed by atoms with van der Waals surface area (Å²) < 4.78 is 97.0. The molecule has 3 aromatic rings. The molecule has 2 aromatic carbocycles. The maximum absolute atomic E-state index is 15.0. The first-order valence-electron chi connectivity index (χ1n) is 12.5. The molecule has 0 fully saturated rings. The van der Waals surface area contributed by atoms with E-state index in [1.165, 1.54) is 26.1 Å². The van der Waals surface area contributed by atoms with Gasteiger partial charge in [-0.3, -0.25) is 0 Å². The van der Waals surface area contributed by atoms with Crippen LogP contribution in [0, 0.1) is 23.4 Å². The monoisotopic (exact) mass is 579 g/mol. The van der Waals surface area contributed by atoms with E-state index in [1.807, 2.05) is 0 Å². The molecule has 2 aliphatic rings. The second-order valence-corrected chi connectivity index (χ2v) is 10.5.